The molecule has 1 aliphatic rings. The normalized spacial score (nSPS) is 22.5. The van der Waals surface area contributed by atoms with Gasteiger partial charge in [-0.2, -0.15) is 0 Å². The summed E-state index contributed by atoms with van der Waals surface area (Å²) in [6.45, 7) is 5.78. The van der Waals surface area contributed by atoms with Gasteiger partial charge < -0.3 is 10.0 Å². The molecule has 2 unspecified atom stereocenters. The lowest BCUT2D eigenvalue weighted by atomic mass is 9.81. The molecule has 0 saturated heterocycles. The van der Waals surface area contributed by atoms with Gasteiger partial charge in [-0.25, -0.2) is 0 Å². The van der Waals surface area contributed by atoms with E-state index in [9.17, 15) is 14.7 Å². The first-order valence-corrected chi connectivity index (χ1v) is 6.63. The third-order valence-electron chi connectivity index (χ3n) is 3.74. The van der Waals surface area contributed by atoms with Crippen molar-refractivity contribution in [1.82, 2.24) is 4.90 Å². The molecule has 2 rings (SSSR count). The van der Waals surface area contributed by atoms with Crippen LogP contribution in [-0.4, -0.2) is 34.0 Å². The number of carboxylic acids is 1. The molecule has 0 bridgehead atoms. The molecule has 0 saturated carbocycles. The van der Waals surface area contributed by atoms with Gasteiger partial charge in [0.15, 0.2) is 0 Å². The minimum absolute atomic E-state index is 0.00680. The molecule has 4 nitrogen and oxygen atoms in total. The predicted octanol–water partition coefficient (Wildman–Crippen LogP) is 2.50. The standard InChI is InChI=1S/C15H19NO3/c1-4-12-13(15(18)19)10-7-5-6-8-11(10)14(17)16(12)9(2)3/h5-9,12-13H,4H2,1-3H3,(H,18,19). The maximum atomic E-state index is 12.5. The van der Waals surface area contributed by atoms with Crippen LogP contribution in [0.4, 0.5) is 0 Å². The summed E-state index contributed by atoms with van der Waals surface area (Å²) >= 11 is 0. The van der Waals surface area contributed by atoms with E-state index in [4.69, 9.17) is 0 Å². The molecule has 102 valence electrons. The minimum atomic E-state index is -0.863. The van der Waals surface area contributed by atoms with Crippen LogP contribution in [0.25, 0.3) is 0 Å². The fourth-order valence-corrected chi connectivity index (χ4v) is 2.97. The first kappa shape index (κ1) is 13.6. The summed E-state index contributed by atoms with van der Waals surface area (Å²) in [7, 11) is 0. The monoisotopic (exact) mass is 261 g/mol. The van der Waals surface area contributed by atoms with Gasteiger partial charge in [0.1, 0.15) is 5.92 Å². The predicted molar refractivity (Wildman–Crippen MR) is 72.2 cm³/mol. The Morgan fingerprint density at radius 3 is 2.53 bits per heavy atom. The molecular formula is C15H19NO3. The van der Waals surface area contributed by atoms with Crippen molar-refractivity contribution in [3.05, 3.63) is 35.4 Å². The highest BCUT2D eigenvalue weighted by molar-refractivity contribution is 6.00. The van der Waals surface area contributed by atoms with Crippen LogP contribution in [0, 0.1) is 0 Å². The van der Waals surface area contributed by atoms with E-state index in [1.54, 1.807) is 29.2 Å². The van der Waals surface area contributed by atoms with Gasteiger partial charge in [-0.3, -0.25) is 9.59 Å². The fourth-order valence-electron chi connectivity index (χ4n) is 2.97. The lowest BCUT2D eigenvalue weighted by Gasteiger charge is -2.42. The third-order valence-corrected chi connectivity index (χ3v) is 3.74. The number of carbonyl (C=O) groups excluding carboxylic acids is 1. The molecule has 2 atom stereocenters. The summed E-state index contributed by atoms with van der Waals surface area (Å²) in [6.07, 6.45) is 0.634. The van der Waals surface area contributed by atoms with E-state index < -0.39 is 11.9 Å². The van der Waals surface area contributed by atoms with Gasteiger partial charge in [-0.1, -0.05) is 25.1 Å². The molecule has 0 fully saturated rings. The first-order valence-electron chi connectivity index (χ1n) is 6.63. The van der Waals surface area contributed by atoms with Crippen molar-refractivity contribution < 1.29 is 14.7 Å². The highest BCUT2D eigenvalue weighted by atomic mass is 16.4. The second-order valence-corrected chi connectivity index (χ2v) is 5.18. The SMILES string of the molecule is CCC1C(C(=O)O)c2ccccc2C(=O)N1C(C)C. The van der Waals surface area contributed by atoms with Crippen LogP contribution in [0.3, 0.4) is 0 Å². The van der Waals surface area contributed by atoms with Crippen molar-refractivity contribution in [1.29, 1.82) is 0 Å². The van der Waals surface area contributed by atoms with Crippen molar-refractivity contribution in [2.45, 2.75) is 45.2 Å². The van der Waals surface area contributed by atoms with Crippen molar-refractivity contribution >= 4 is 11.9 Å². The van der Waals surface area contributed by atoms with E-state index in [1.165, 1.54) is 0 Å². The van der Waals surface area contributed by atoms with Crippen LogP contribution in [0.5, 0.6) is 0 Å². The van der Waals surface area contributed by atoms with Gasteiger partial charge >= 0.3 is 5.97 Å². The second-order valence-electron chi connectivity index (χ2n) is 5.18. The van der Waals surface area contributed by atoms with Crippen LogP contribution in [0.2, 0.25) is 0 Å². The molecular weight excluding hydrogens is 242 g/mol. The van der Waals surface area contributed by atoms with Gasteiger partial charge in [0.2, 0.25) is 0 Å². The number of carbonyl (C=O) groups is 2. The Bertz CT molecular complexity index is 510. The van der Waals surface area contributed by atoms with Crippen molar-refractivity contribution in [2.75, 3.05) is 0 Å². The molecule has 1 N–H and O–H groups in total. The molecule has 1 heterocycles. The molecule has 19 heavy (non-hydrogen) atoms. The summed E-state index contributed by atoms with van der Waals surface area (Å²) in [5, 5.41) is 9.53. The highest BCUT2D eigenvalue weighted by Crippen LogP contribution is 2.36. The number of hydrogen-bond donors (Lipinski definition) is 1. The Balaban J connectivity index is 2.62. The molecule has 4 heteroatoms. The number of rotatable bonds is 3. The molecule has 1 amide bonds. The highest BCUT2D eigenvalue weighted by Gasteiger charge is 2.43. The third kappa shape index (κ3) is 2.11. The molecule has 0 aliphatic carbocycles. The Labute approximate surface area is 113 Å². The van der Waals surface area contributed by atoms with Crippen molar-refractivity contribution in [2.24, 2.45) is 0 Å². The van der Waals surface area contributed by atoms with E-state index in [1.807, 2.05) is 20.8 Å². The van der Waals surface area contributed by atoms with Gasteiger partial charge in [-0.15, -0.1) is 0 Å². The summed E-state index contributed by atoms with van der Waals surface area (Å²) in [5.41, 5.74) is 1.16. The average Bonchev–Trinajstić information content (AvgIpc) is 2.37. The molecule has 1 aromatic carbocycles. The van der Waals surface area contributed by atoms with Crippen LogP contribution in [0.15, 0.2) is 24.3 Å². The first-order chi connectivity index (χ1) is 8.99. The maximum Gasteiger partial charge on any atom is 0.313 e. The largest absolute Gasteiger partial charge is 0.481 e. The number of hydrogen-bond acceptors (Lipinski definition) is 2. The summed E-state index contributed by atoms with van der Waals surface area (Å²) in [4.78, 5) is 25.9. The van der Waals surface area contributed by atoms with Gasteiger partial charge in [0.05, 0.1) is 0 Å². The van der Waals surface area contributed by atoms with Gasteiger partial charge in [0, 0.05) is 17.6 Å². The Morgan fingerprint density at radius 1 is 1.37 bits per heavy atom. The number of fused-ring (bicyclic) bond motifs is 1. The fraction of sp³-hybridized carbons (Fsp3) is 0.467. The second kappa shape index (κ2) is 5.03. The zero-order valence-corrected chi connectivity index (χ0v) is 11.5. The van der Waals surface area contributed by atoms with Crippen molar-refractivity contribution in [3.8, 4) is 0 Å². The van der Waals surface area contributed by atoms with E-state index >= 15 is 0 Å². The topological polar surface area (TPSA) is 57.6 Å². The van der Waals surface area contributed by atoms with E-state index in [0.29, 0.717) is 17.5 Å². The van der Waals surface area contributed by atoms with Crippen LogP contribution >= 0.6 is 0 Å². The average molecular weight is 261 g/mol. The zero-order valence-electron chi connectivity index (χ0n) is 11.5. The van der Waals surface area contributed by atoms with Gasteiger partial charge in [0.25, 0.3) is 5.91 Å². The van der Waals surface area contributed by atoms with E-state index in [0.717, 1.165) is 0 Å². The Hall–Kier alpha value is -1.84. The van der Waals surface area contributed by atoms with Crippen LogP contribution < -0.4 is 0 Å². The van der Waals surface area contributed by atoms with Crippen molar-refractivity contribution in [3.63, 3.8) is 0 Å². The number of nitrogens with zero attached hydrogens (tertiary/aromatic N) is 1. The molecule has 1 aromatic rings. The number of amides is 1. The number of benzene rings is 1. The maximum absolute atomic E-state index is 12.5. The molecule has 0 spiro atoms. The number of aliphatic carboxylic acids is 1. The summed E-state index contributed by atoms with van der Waals surface area (Å²) in [6, 6.07) is 6.76. The molecule has 0 radical (unpaired) electrons. The smallest absolute Gasteiger partial charge is 0.313 e. The minimum Gasteiger partial charge on any atom is -0.481 e. The Kier molecular flexibility index (Phi) is 3.60. The summed E-state index contributed by atoms with van der Waals surface area (Å²) in [5.74, 6) is -1.56. The molecule has 1 aliphatic heterocycles. The molecule has 0 aromatic heterocycles. The Morgan fingerprint density at radius 2 is 2.00 bits per heavy atom. The van der Waals surface area contributed by atoms with E-state index in [2.05, 4.69) is 0 Å². The number of carboxylic acid groups (broad SMARTS) is 1. The van der Waals surface area contributed by atoms with Crippen LogP contribution in [0.1, 0.15) is 49.0 Å². The van der Waals surface area contributed by atoms with Crippen LogP contribution in [-0.2, 0) is 4.79 Å². The van der Waals surface area contributed by atoms with E-state index in [-0.39, 0.29) is 18.0 Å². The van der Waals surface area contributed by atoms with Gasteiger partial charge in [-0.05, 0) is 31.9 Å². The summed E-state index contributed by atoms with van der Waals surface area (Å²) < 4.78 is 0. The quantitative estimate of drug-likeness (QED) is 0.909. The zero-order chi connectivity index (χ0) is 14.2. The lowest BCUT2D eigenvalue weighted by molar-refractivity contribution is -0.140. The lowest BCUT2D eigenvalue weighted by Crippen LogP contribution is -2.52.